The minimum absolute atomic E-state index is 0.0571. The Morgan fingerprint density at radius 2 is 2.53 bits per heavy atom. The molecule has 0 spiro atoms. The molecule has 0 saturated carbocycles. The van der Waals surface area contributed by atoms with Gasteiger partial charge in [0.15, 0.2) is 0 Å². The molecule has 1 fully saturated rings. The fraction of sp³-hybridized carbons (Fsp3) is 0.455. The van der Waals surface area contributed by atoms with Gasteiger partial charge in [-0.3, -0.25) is 4.98 Å². The molecular formula is C11H15N3O3. The van der Waals surface area contributed by atoms with Gasteiger partial charge in [0.05, 0.1) is 12.2 Å². The smallest absolute Gasteiger partial charge is 0.407 e. The molecule has 1 aromatic rings. The second-order valence-corrected chi connectivity index (χ2v) is 3.92. The number of hydrogen-bond acceptors (Lipinski definition) is 4. The van der Waals surface area contributed by atoms with Crippen molar-refractivity contribution in [2.75, 3.05) is 13.2 Å². The van der Waals surface area contributed by atoms with Crippen LogP contribution in [0.25, 0.3) is 0 Å². The number of likely N-dealkylation sites (tertiary alicyclic amines) is 1. The van der Waals surface area contributed by atoms with Gasteiger partial charge in [0.2, 0.25) is 0 Å². The van der Waals surface area contributed by atoms with E-state index < -0.39 is 6.09 Å². The SMILES string of the molecule is NCc1ccncc1OCC1CCN1C(=O)O. The Balaban J connectivity index is 1.92. The molecule has 0 aliphatic carbocycles. The van der Waals surface area contributed by atoms with Gasteiger partial charge >= 0.3 is 6.09 Å². The molecule has 1 aliphatic rings. The highest BCUT2D eigenvalue weighted by Gasteiger charge is 2.32. The Bertz CT molecular complexity index is 411. The number of carbonyl (C=O) groups is 1. The van der Waals surface area contributed by atoms with E-state index in [-0.39, 0.29) is 6.04 Å². The van der Waals surface area contributed by atoms with Crippen molar-refractivity contribution in [2.24, 2.45) is 5.73 Å². The second-order valence-electron chi connectivity index (χ2n) is 3.92. The van der Waals surface area contributed by atoms with E-state index in [4.69, 9.17) is 15.6 Å². The van der Waals surface area contributed by atoms with Crippen LogP contribution in [0.2, 0.25) is 0 Å². The van der Waals surface area contributed by atoms with Crippen molar-refractivity contribution in [2.45, 2.75) is 19.0 Å². The van der Waals surface area contributed by atoms with Crippen LogP contribution in [0.4, 0.5) is 4.79 Å². The fourth-order valence-corrected chi connectivity index (χ4v) is 1.76. The van der Waals surface area contributed by atoms with Crippen LogP contribution in [0.15, 0.2) is 18.5 Å². The Morgan fingerprint density at radius 3 is 3.12 bits per heavy atom. The molecule has 92 valence electrons. The number of ether oxygens (including phenoxy) is 1. The van der Waals surface area contributed by atoms with Crippen LogP contribution in [0.3, 0.4) is 0 Å². The number of pyridine rings is 1. The number of carboxylic acid groups (broad SMARTS) is 1. The van der Waals surface area contributed by atoms with Gasteiger partial charge in [-0.2, -0.15) is 0 Å². The molecule has 2 heterocycles. The van der Waals surface area contributed by atoms with E-state index in [0.717, 1.165) is 12.0 Å². The van der Waals surface area contributed by atoms with Gasteiger partial charge in [0.1, 0.15) is 12.4 Å². The minimum atomic E-state index is -0.893. The summed E-state index contributed by atoms with van der Waals surface area (Å²) in [4.78, 5) is 16.1. The average Bonchev–Trinajstić information content (AvgIpc) is 2.27. The summed E-state index contributed by atoms with van der Waals surface area (Å²) in [6.45, 7) is 1.32. The molecule has 0 aromatic carbocycles. The maximum atomic E-state index is 10.8. The van der Waals surface area contributed by atoms with E-state index >= 15 is 0 Å². The molecule has 1 atom stereocenters. The number of nitrogens with two attached hydrogens (primary N) is 1. The molecule has 0 radical (unpaired) electrons. The lowest BCUT2D eigenvalue weighted by Gasteiger charge is -2.38. The maximum Gasteiger partial charge on any atom is 0.407 e. The van der Waals surface area contributed by atoms with E-state index in [0.29, 0.717) is 25.4 Å². The van der Waals surface area contributed by atoms with E-state index in [1.807, 2.05) is 0 Å². The Labute approximate surface area is 99.0 Å². The molecule has 3 N–H and O–H groups in total. The van der Waals surface area contributed by atoms with Gasteiger partial charge in [-0.05, 0) is 12.5 Å². The van der Waals surface area contributed by atoms with E-state index in [1.165, 1.54) is 4.90 Å². The maximum absolute atomic E-state index is 10.8. The van der Waals surface area contributed by atoms with Crippen LogP contribution in [0, 0.1) is 0 Å². The van der Waals surface area contributed by atoms with Crippen molar-refractivity contribution < 1.29 is 14.6 Å². The quantitative estimate of drug-likeness (QED) is 0.803. The third-order valence-electron chi connectivity index (χ3n) is 2.91. The standard InChI is InChI=1S/C11H15N3O3/c12-5-8-1-3-13-6-10(8)17-7-9-2-4-14(9)11(15)16/h1,3,6,9H,2,4-5,7,12H2,(H,15,16). The molecule has 1 aliphatic heterocycles. The predicted octanol–water partition coefficient (Wildman–Crippen LogP) is 0.671. The number of amides is 1. The van der Waals surface area contributed by atoms with Crippen LogP contribution in [-0.4, -0.2) is 40.3 Å². The molecule has 1 saturated heterocycles. The fourth-order valence-electron chi connectivity index (χ4n) is 1.76. The Hall–Kier alpha value is -1.82. The van der Waals surface area contributed by atoms with E-state index in [9.17, 15) is 4.79 Å². The minimum Gasteiger partial charge on any atom is -0.489 e. The van der Waals surface area contributed by atoms with Gasteiger partial charge in [-0.1, -0.05) is 0 Å². The highest BCUT2D eigenvalue weighted by Crippen LogP contribution is 2.21. The first kappa shape index (κ1) is 11.7. The summed E-state index contributed by atoms with van der Waals surface area (Å²) < 4.78 is 5.56. The first-order valence-corrected chi connectivity index (χ1v) is 5.47. The lowest BCUT2D eigenvalue weighted by molar-refractivity contribution is 0.0496. The van der Waals surface area contributed by atoms with Crippen molar-refractivity contribution in [3.63, 3.8) is 0 Å². The molecule has 0 bridgehead atoms. The summed E-state index contributed by atoms with van der Waals surface area (Å²) in [5.74, 6) is 0.632. The van der Waals surface area contributed by atoms with Gasteiger partial charge in [0, 0.05) is 24.8 Å². The largest absolute Gasteiger partial charge is 0.489 e. The summed E-state index contributed by atoms with van der Waals surface area (Å²) in [5, 5.41) is 8.84. The summed E-state index contributed by atoms with van der Waals surface area (Å²) in [6, 6.07) is 1.74. The zero-order valence-electron chi connectivity index (χ0n) is 9.37. The monoisotopic (exact) mass is 237 g/mol. The summed E-state index contributed by atoms with van der Waals surface area (Å²) in [5.41, 5.74) is 6.44. The third-order valence-corrected chi connectivity index (χ3v) is 2.91. The topological polar surface area (TPSA) is 88.7 Å². The zero-order valence-corrected chi connectivity index (χ0v) is 9.37. The highest BCUT2D eigenvalue weighted by atomic mass is 16.5. The number of rotatable bonds is 4. The zero-order chi connectivity index (χ0) is 12.3. The van der Waals surface area contributed by atoms with Crippen molar-refractivity contribution in [3.05, 3.63) is 24.0 Å². The van der Waals surface area contributed by atoms with Crippen molar-refractivity contribution in [1.29, 1.82) is 0 Å². The van der Waals surface area contributed by atoms with Gasteiger partial charge in [0.25, 0.3) is 0 Å². The molecular weight excluding hydrogens is 222 g/mol. The van der Waals surface area contributed by atoms with Gasteiger partial charge < -0.3 is 20.5 Å². The van der Waals surface area contributed by atoms with Crippen LogP contribution in [0.1, 0.15) is 12.0 Å². The van der Waals surface area contributed by atoms with Crippen LogP contribution >= 0.6 is 0 Å². The van der Waals surface area contributed by atoms with Gasteiger partial charge in [-0.25, -0.2) is 4.79 Å². The number of hydrogen-bond donors (Lipinski definition) is 2. The number of aromatic nitrogens is 1. The Kier molecular flexibility index (Phi) is 3.43. The number of nitrogens with zero attached hydrogens (tertiary/aromatic N) is 2. The van der Waals surface area contributed by atoms with Crippen LogP contribution in [-0.2, 0) is 6.54 Å². The first-order valence-electron chi connectivity index (χ1n) is 5.47. The lowest BCUT2D eigenvalue weighted by atomic mass is 10.1. The Morgan fingerprint density at radius 1 is 1.71 bits per heavy atom. The molecule has 17 heavy (non-hydrogen) atoms. The molecule has 1 amide bonds. The van der Waals surface area contributed by atoms with Crippen LogP contribution in [0.5, 0.6) is 5.75 Å². The predicted molar refractivity (Wildman–Crippen MR) is 60.8 cm³/mol. The summed E-state index contributed by atoms with van der Waals surface area (Å²) in [6.07, 6.45) is 3.20. The summed E-state index contributed by atoms with van der Waals surface area (Å²) >= 11 is 0. The molecule has 1 unspecified atom stereocenters. The highest BCUT2D eigenvalue weighted by molar-refractivity contribution is 5.66. The van der Waals surface area contributed by atoms with Crippen molar-refractivity contribution in [3.8, 4) is 5.75 Å². The van der Waals surface area contributed by atoms with Crippen molar-refractivity contribution in [1.82, 2.24) is 9.88 Å². The average molecular weight is 237 g/mol. The molecule has 6 heteroatoms. The van der Waals surface area contributed by atoms with Gasteiger partial charge in [-0.15, -0.1) is 0 Å². The van der Waals surface area contributed by atoms with Crippen LogP contribution < -0.4 is 10.5 Å². The lowest BCUT2D eigenvalue weighted by Crippen LogP contribution is -2.53. The normalized spacial score (nSPS) is 18.6. The summed E-state index contributed by atoms with van der Waals surface area (Å²) in [7, 11) is 0. The van der Waals surface area contributed by atoms with E-state index in [1.54, 1.807) is 18.5 Å². The van der Waals surface area contributed by atoms with Crippen molar-refractivity contribution >= 4 is 6.09 Å². The first-order chi connectivity index (χ1) is 8.22. The van der Waals surface area contributed by atoms with E-state index in [2.05, 4.69) is 4.98 Å². The third kappa shape index (κ3) is 2.47. The second kappa shape index (κ2) is 5.01. The molecule has 2 rings (SSSR count). The molecule has 1 aromatic heterocycles. The molecule has 6 nitrogen and oxygen atoms in total.